The van der Waals surface area contributed by atoms with E-state index in [2.05, 4.69) is 5.32 Å². The number of hydrogen-bond donors (Lipinski definition) is 2. The van der Waals surface area contributed by atoms with Gasteiger partial charge in [0.1, 0.15) is 11.4 Å². The molecule has 0 aliphatic rings. The molecule has 0 heterocycles. The molecule has 21 heavy (non-hydrogen) atoms. The molecule has 6 nitrogen and oxygen atoms in total. The zero-order valence-electron chi connectivity index (χ0n) is 10.7. The van der Waals surface area contributed by atoms with Crippen LogP contribution in [0.5, 0.6) is 5.75 Å². The molecule has 0 saturated heterocycles. The van der Waals surface area contributed by atoms with Gasteiger partial charge in [0.2, 0.25) is 0 Å². The van der Waals surface area contributed by atoms with E-state index >= 15 is 0 Å². The molecule has 7 heteroatoms. The maximum atomic E-state index is 11.0. The Bertz CT molecular complexity index is 741. The Morgan fingerprint density at radius 1 is 1.38 bits per heavy atom. The number of nitrogens with zero attached hydrogens (tertiary/aromatic N) is 2. The zero-order chi connectivity index (χ0) is 15.4. The minimum absolute atomic E-state index is 0.0667. The van der Waals surface area contributed by atoms with Gasteiger partial charge in [-0.1, -0.05) is 23.7 Å². The molecule has 0 saturated carbocycles. The van der Waals surface area contributed by atoms with Gasteiger partial charge in [0.05, 0.1) is 21.6 Å². The molecule has 0 atom stereocenters. The van der Waals surface area contributed by atoms with Crippen LogP contribution in [0.1, 0.15) is 11.1 Å². The first-order valence-electron chi connectivity index (χ1n) is 5.91. The van der Waals surface area contributed by atoms with Crippen molar-refractivity contribution < 1.29 is 10.0 Å². The highest BCUT2D eigenvalue weighted by Crippen LogP contribution is 2.30. The molecule has 0 spiro atoms. The second-order valence-corrected chi connectivity index (χ2v) is 4.61. The molecule has 0 unspecified atom stereocenters. The summed E-state index contributed by atoms with van der Waals surface area (Å²) in [5.74, 6) is -0.0667. The van der Waals surface area contributed by atoms with Crippen molar-refractivity contribution in [1.82, 2.24) is 0 Å². The smallest absolute Gasteiger partial charge is 0.293 e. The number of para-hydroxylation sites is 1. The van der Waals surface area contributed by atoms with E-state index in [1.165, 1.54) is 18.2 Å². The quantitative estimate of drug-likeness (QED) is 0.666. The number of nitriles is 1. The van der Waals surface area contributed by atoms with Crippen LogP contribution in [0.15, 0.2) is 36.4 Å². The first-order valence-corrected chi connectivity index (χ1v) is 6.29. The van der Waals surface area contributed by atoms with Gasteiger partial charge in [-0.25, -0.2) is 0 Å². The lowest BCUT2D eigenvalue weighted by atomic mass is 10.1. The monoisotopic (exact) mass is 303 g/mol. The first-order chi connectivity index (χ1) is 10.0. The molecule has 2 aromatic rings. The topological polar surface area (TPSA) is 99.2 Å². The molecule has 0 aromatic heterocycles. The van der Waals surface area contributed by atoms with Gasteiger partial charge in [-0.05, 0) is 18.2 Å². The van der Waals surface area contributed by atoms with Gasteiger partial charge in [0.25, 0.3) is 5.69 Å². The third-order valence-electron chi connectivity index (χ3n) is 2.86. The van der Waals surface area contributed by atoms with Crippen molar-refractivity contribution in [3.05, 3.63) is 62.7 Å². The van der Waals surface area contributed by atoms with Gasteiger partial charge in [-0.2, -0.15) is 5.26 Å². The van der Waals surface area contributed by atoms with E-state index in [1.54, 1.807) is 18.2 Å². The summed E-state index contributed by atoms with van der Waals surface area (Å²) >= 11 is 5.79. The minimum atomic E-state index is -0.568. The van der Waals surface area contributed by atoms with Crippen molar-refractivity contribution in [1.29, 1.82) is 5.26 Å². The Balaban J connectivity index is 2.26. The van der Waals surface area contributed by atoms with Crippen LogP contribution in [0.3, 0.4) is 0 Å². The number of benzene rings is 2. The number of nitrogens with one attached hydrogen (secondary N) is 1. The number of phenols is 1. The van der Waals surface area contributed by atoms with Gasteiger partial charge < -0.3 is 10.4 Å². The van der Waals surface area contributed by atoms with Crippen molar-refractivity contribution in [3.63, 3.8) is 0 Å². The second kappa shape index (κ2) is 6.11. The van der Waals surface area contributed by atoms with Crippen molar-refractivity contribution in [2.24, 2.45) is 0 Å². The lowest BCUT2D eigenvalue weighted by Gasteiger charge is -2.09. The third-order valence-corrected chi connectivity index (χ3v) is 3.17. The van der Waals surface area contributed by atoms with Crippen LogP contribution in [0.25, 0.3) is 0 Å². The van der Waals surface area contributed by atoms with Crippen LogP contribution in [-0.2, 0) is 6.54 Å². The highest BCUT2D eigenvalue weighted by molar-refractivity contribution is 6.32. The number of nitro groups is 1. The van der Waals surface area contributed by atoms with Gasteiger partial charge in [0.15, 0.2) is 0 Å². The molecule has 2 rings (SSSR count). The fraction of sp³-hybridized carbons (Fsp3) is 0.0714. The Morgan fingerprint density at radius 3 is 2.81 bits per heavy atom. The molecular formula is C14H10ClN3O3. The Kier molecular flexibility index (Phi) is 4.26. The van der Waals surface area contributed by atoms with Crippen LogP contribution < -0.4 is 5.32 Å². The Hall–Kier alpha value is -2.78. The SMILES string of the molecule is N#Cc1ccc(NCc2cccc(Cl)c2O)c([N+](=O)[O-])c1. The van der Waals surface area contributed by atoms with E-state index in [0.717, 1.165) is 0 Å². The molecule has 2 N–H and O–H groups in total. The van der Waals surface area contributed by atoms with Crippen LogP contribution in [0.4, 0.5) is 11.4 Å². The van der Waals surface area contributed by atoms with E-state index in [0.29, 0.717) is 5.56 Å². The highest BCUT2D eigenvalue weighted by atomic mass is 35.5. The molecule has 0 aliphatic carbocycles. The fourth-order valence-corrected chi connectivity index (χ4v) is 1.99. The largest absolute Gasteiger partial charge is 0.506 e. The molecular weight excluding hydrogens is 294 g/mol. The summed E-state index contributed by atoms with van der Waals surface area (Å²) in [6.07, 6.45) is 0. The van der Waals surface area contributed by atoms with Crippen LogP contribution in [0, 0.1) is 21.4 Å². The van der Waals surface area contributed by atoms with Crippen molar-refractivity contribution >= 4 is 23.0 Å². The van der Waals surface area contributed by atoms with Crippen LogP contribution in [0.2, 0.25) is 5.02 Å². The van der Waals surface area contributed by atoms with Crippen LogP contribution in [-0.4, -0.2) is 10.0 Å². The number of anilines is 1. The third kappa shape index (κ3) is 3.22. The van der Waals surface area contributed by atoms with Crippen molar-refractivity contribution in [2.75, 3.05) is 5.32 Å². The van der Waals surface area contributed by atoms with Gasteiger partial charge >= 0.3 is 0 Å². The van der Waals surface area contributed by atoms with E-state index in [1.807, 2.05) is 6.07 Å². The average Bonchev–Trinajstić information content (AvgIpc) is 2.48. The molecule has 0 fully saturated rings. The van der Waals surface area contributed by atoms with E-state index in [4.69, 9.17) is 16.9 Å². The van der Waals surface area contributed by atoms with Gasteiger partial charge in [-0.15, -0.1) is 0 Å². The fourth-order valence-electron chi connectivity index (χ4n) is 1.79. The molecule has 2 aromatic carbocycles. The first kappa shape index (κ1) is 14.6. The van der Waals surface area contributed by atoms with Crippen molar-refractivity contribution in [2.45, 2.75) is 6.54 Å². The normalized spacial score (nSPS) is 9.90. The minimum Gasteiger partial charge on any atom is -0.506 e. The highest BCUT2D eigenvalue weighted by Gasteiger charge is 2.15. The summed E-state index contributed by atoms with van der Waals surface area (Å²) in [4.78, 5) is 10.4. The number of halogens is 1. The Labute approximate surface area is 125 Å². The number of hydrogen-bond acceptors (Lipinski definition) is 5. The lowest BCUT2D eigenvalue weighted by molar-refractivity contribution is -0.384. The zero-order valence-corrected chi connectivity index (χ0v) is 11.5. The number of nitro benzene ring substituents is 1. The maximum Gasteiger partial charge on any atom is 0.293 e. The summed E-state index contributed by atoms with van der Waals surface area (Å²) in [6, 6.07) is 10.9. The van der Waals surface area contributed by atoms with E-state index in [-0.39, 0.29) is 34.3 Å². The van der Waals surface area contributed by atoms with E-state index < -0.39 is 4.92 Å². The van der Waals surface area contributed by atoms with E-state index in [9.17, 15) is 15.2 Å². The summed E-state index contributed by atoms with van der Waals surface area (Å²) in [6.45, 7) is 0.166. The second-order valence-electron chi connectivity index (χ2n) is 4.20. The molecule has 0 aliphatic heterocycles. The lowest BCUT2D eigenvalue weighted by Crippen LogP contribution is -2.03. The number of rotatable bonds is 4. The number of aromatic hydroxyl groups is 1. The summed E-state index contributed by atoms with van der Waals surface area (Å²) in [7, 11) is 0. The summed E-state index contributed by atoms with van der Waals surface area (Å²) in [5, 5.41) is 32.6. The summed E-state index contributed by atoms with van der Waals surface area (Å²) in [5.41, 5.74) is 0.785. The summed E-state index contributed by atoms with van der Waals surface area (Å²) < 4.78 is 0. The predicted molar refractivity (Wildman–Crippen MR) is 78.3 cm³/mol. The number of phenolic OH excluding ortho intramolecular Hbond substituents is 1. The van der Waals surface area contributed by atoms with Gasteiger partial charge in [-0.3, -0.25) is 10.1 Å². The molecule has 0 bridgehead atoms. The average molecular weight is 304 g/mol. The van der Waals surface area contributed by atoms with Crippen LogP contribution >= 0.6 is 11.6 Å². The van der Waals surface area contributed by atoms with Crippen molar-refractivity contribution in [3.8, 4) is 11.8 Å². The molecule has 0 radical (unpaired) electrons. The molecule has 0 amide bonds. The Morgan fingerprint density at radius 2 is 2.14 bits per heavy atom. The maximum absolute atomic E-state index is 11.0. The van der Waals surface area contributed by atoms with Gasteiger partial charge in [0, 0.05) is 18.2 Å². The molecule has 106 valence electrons. The predicted octanol–water partition coefficient (Wildman–Crippen LogP) is 3.44. The standard InChI is InChI=1S/C14H10ClN3O3/c15-11-3-1-2-10(14(11)19)8-17-12-5-4-9(7-16)6-13(12)18(20)21/h1-6,17,19H,8H2.